The van der Waals surface area contributed by atoms with Crippen molar-refractivity contribution in [3.8, 4) is 0 Å². The molecular weight excluding hydrogens is 258 g/mol. The number of carbonyl (C=O) groups is 1. The van der Waals surface area contributed by atoms with Crippen LogP contribution in [0.25, 0.3) is 0 Å². The Hall–Kier alpha value is -0.680. The first-order chi connectivity index (χ1) is 9.02. The molecule has 1 amide bonds. The van der Waals surface area contributed by atoms with E-state index >= 15 is 0 Å². The van der Waals surface area contributed by atoms with Crippen molar-refractivity contribution in [2.24, 2.45) is 11.7 Å². The fourth-order valence-electron chi connectivity index (χ4n) is 2.12. The number of hydrogen-bond acceptors (Lipinski definition) is 3. The van der Waals surface area contributed by atoms with Gasteiger partial charge < -0.3 is 15.5 Å². The first kappa shape index (κ1) is 16.4. The van der Waals surface area contributed by atoms with Crippen LogP contribution in [-0.2, 0) is 4.79 Å². The Labute approximate surface area is 122 Å². The van der Waals surface area contributed by atoms with Gasteiger partial charge in [-0.2, -0.15) is 0 Å². The lowest BCUT2D eigenvalue weighted by atomic mass is 10.2. The third-order valence-corrected chi connectivity index (χ3v) is 3.72. The monoisotopic (exact) mass is 285 g/mol. The van der Waals surface area contributed by atoms with Crippen LogP contribution < -0.4 is 5.73 Å². The van der Waals surface area contributed by atoms with E-state index in [0.29, 0.717) is 24.4 Å². The second kappa shape index (κ2) is 8.48. The van der Waals surface area contributed by atoms with Crippen molar-refractivity contribution in [2.75, 3.05) is 33.2 Å². The smallest absolute Gasteiger partial charge is 0.223 e. The predicted molar refractivity (Wildman–Crippen MR) is 83.1 cm³/mol. The van der Waals surface area contributed by atoms with Crippen LogP contribution in [0.15, 0.2) is 0 Å². The van der Waals surface area contributed by atoms with Gasteiger partial charge in [-0.15, -0.1) is 0 Å². The van der Waals surface area contributed by atoms with Gasteiger partial charge in [0, 0.05) is 39.5 Å². The lowest BCUT2D eigenvalue weighted by Gasteiger charge is -2.23. The fraction of sp³-hybridized carbons (Fsp3) is 0.857. The molecule has 0 atom stereocenters. The first-order valence-corrected chi connectivity index (χ1v) is 7.68. The highest BCUT2D eigenvalue weighted by Gasteiger charge is 2.24. The molecule has 2 N–H and O–H groups in total. The predicted octanol–water partition coefficient (Wildman–Crippen LogP) is 1.63. The van der Waals surface area contributed by atoms with Crippen molar-refractivity contribution in [3.63, 3.8) is 0 Å². The van der Waals surface area contributed by atoms with Crippen LogP contribution in [0.1, 0.15) is 39.0 Å². The van der Waals surface area contributed by atoms with Crippen molar-refractivity contribution >= 4 is 23.1 Å². The zero-order valence-electron chi connectivity index (χ0n) is 12.2. The van der Waals surface area contributed by atoms with Gasteiger partial charge in [-0.05, 0) is 31.7 Å². The number of carbonyl (C=O) groups excluding carboxylic acids is 1. The maximum Gasteiger partial charge on any atom is 0.223 e. The largest absolute Gasteiger partial charge is 0.393 e. The van der Waals surface area contributed by atoms with Crippen LogP contribution in [0.5, 0.6) is 0 Å². The van der Waals surface area contributed by atoms with Crippen LogP contribution in [0, 0.1) is 5.92 Å². The molecule has 0 unspecified atom stereocenters. The minimum absolute atomic E-state index is 0.188. The maximum atomic E-state index is 12.0. The standard InChI is InChI=1S/C14H27N3OS/c1-3-8-17(11-12-4-5-12)10-7-14(18)16(2)9-6-13(15)19/h12H,3-11H2,1-2H3,(H2,15,19). The number of hydrogen-bond donors (Lipinski definition) is 1. The number of nitrogens with two attached hydrogens (primary N) is 1. The van der Waals surface area contributed by atoms with Gasteiger partial charge in [0.1, 0.15) is 0 Å². The van der Waals surface area contributed by atoms with Crippen LogP contribution in [0.4, 0.5) is 0 Å². The van der Waals surface area contributed by atoms with E-state index in [-0.39, 0.29) is 5.91 Å². The number of thiocarbonyl (C=S) groups is 1. The van der Waals surface area contributed by atoms with E-state index in [1.807, 2.05) is 7.05 Å². The summed E-state index contributed by atoms with van der Waals surface area (Å²) < 4.78 is 0. The van der Waals surface area contributed by atoms with E-state index in [4.69, 9.17) is 18.0 Å². The van der Waals surface area contributed by atoms with E-state index < -0.39 is 0 Å². The van der Waals surface area contributed by atoms with Crippen LogP contribution in [0.2, 0.25) is 0 Å². The van der Waals surface area contributed by atoms with Gasteiger partial charge in [0.2, 0.25) is 5.91 Å². The fourth-order valence-corrected chi connectivity index (χ4v) is 2.21. The summed E-state index contributed by atoms with van der Waals surface area (Å²) in [7, 11) is 1.83. The summed E-state index contributed by atoms with van der Waals surface area (Å²) in [6.07, 6.45) is 5.08. The molecule has 0 aliphatic heterocycles. The van der Waals surface area contributed by atoms with Crippen molar-refractivity contribution in [3.05, 3.63) is 0 Å². The van der Waals surface area contributed by atoms with Gasteiger partial charge in [0.25, 0.3) is 0 Å². The zero-order valence-corrected chi connectivity index (χ0v) is 13.0. The van der Waals surface area contributed by atoms with Crippen molar-refractivity contribution in [1.82, 2.24) is 9.80 Å². The van der Waals surface area contributed by atoms with Gasteiger partial charge >= 0.3 is 0 Å². The molecule has 110 valence electrons. The minimum Gasteiger partial charge on any atom is -0.393 e. The van der Waals surface area contributed by atoms with Gasteiger partial charge in [0.05, 0.1) is 4.99 Å². The molecule has 1 fully saturated rings. The molecule has 1 aliphatic rings. The first-order valence-electron chi connectivity index (χ1n) is 7.27. The zero-order chi connectivity index (χ0) is 14.3. The van der Waals surface area contributed by atoms with E-state index in [2.05, 4.69) is 11.8 Å². The van der Waals surface area contributed by atoms with Crippen LogP contribution in [-0.4, -0.2) is 53.9 Å². The quantitative estimate of drug-likeness (QED) is 0.620. The molecule has 0 bridgehead atoms. The Balaban J connectivity index is 2.23. The number of amides is 1. The summed E-state index contributed by atoms with van der Waals surface area (Å²) in [6, 6.07) is 0. The second-order valence-electron chi connectivity index (χ2n) is 5.53. The molecule has 0 radical (unpaired) electrons. The summed E-state index contributed by atoms with van der Waals surface area (Å²) in [5.74, 6) is 1.07. The molecule has 1 rings (SSSR count). The molecule has 4 nitrogen and oxygen atoms in total. The Kier molecular flexibility index (Phi) is 7.31. The second-order valence-corrected chi connectivity index (χ2v) is 6.05. The van der Waals surface area contributed by atoms with Crippen LogP contribution >= 0.6 is 12.2 Å². The Morgan fingerprint density at radius 1 is 1.26 bits per heavy atom. The van der Waals surface area contributed by atoms with E-state index in [1.54, 1.807) is 4.90 Å². The summed E-state index contributed by atoms with van der Waals surface area (Å²) in [5, 5.41) is 0. The van der Waals surface area contributed by atoms with Gasteiger partial charge in [-0.1, -0.05) is 19.1 Å². The van der Waals surface area contributed by atoms with Gasteiger partial charge in [-0.3, -0.25) is 4.79 Å². The Morgan fingerprint density at radius 3 is 2.47 bits per heavy atom. The third kappa shape index (κ3) is 7.47. The highest BCUT2D eigenvalue weighted by Crippen LogP contribution is 2.29. The molecule has 0 aromatic carbocycles. The van der Waals surface area contributed by atoms with E-state index in [9.17, 15) is 4.79 Å². The van der Waals surface area contributed by atoms with Gasteiger partial charge in [0.15, 0.2) is 0 Å². The molecule has 5 heteroatoms. The third-order valence-electron chi connectivity index (χ3n) is 3.51. The highest BCUT2D eigenvalue weighted by molar-refractivity contribution is 7.80. The topological polar surface area (TPSA) is 49.6 Å². The molecule has 1 aliphatic carbocycles. The van der Waals surface area contributed by atoms with Crippen molar-refractivity contribution < 1.29 is 4.79 Å². The Morgan fingerprint density at radius 2 is 1.95 bits per heavy atom. The molecular formula is C14H27N3OS. The minimum atomic E-state index is 0.188. The van der Waals surface area contributed by atoms with E-state index in [0.717, 1.165) is 32.0 Å². The summed E-state index contributed by atoms with van der Waals surface area (Å²) in [6.45, 7) is 5.96. The number of rotatable bonds is 10. The highest BCUT2D eigenvalue weighted by atomic mass is 32.1. The lowest BCUT2D eigenvalue weighted by Crippen LogP contribution is -2.35. The molecule has 0 aromatic rings. The summed E-state index contributed by atoms with van der Waals surface area (Å²) in [5.41, 5.74) is 5.45. The SMILES string of the molecule is CCCN(CCC(=O)N(C)CCC(N)=S)CC1CC1. The average Bonchev–Trinajstić information content (AvgIpc) is 3.16. The molecule has 0 saturated heterocycles. The normalized spacial score (nSPS) is 14.7. The Bertz CT molecular complexity index is 305. The maximum absolute atomic E-state index is 12.0. The van der Waals surface area contributed by atoms with Crippen molar-refractivity contribution in [1.29, 1.82) is 0 Å². The average molecular weight is 285 g/mol. The van der Waals surface area contributed by atoms with Gasteiger partial charge in [-0.25, -0.2) is 0 Å². The molecule has 1 saturated carbocycles. The lowest BCUT2D eigenvalue weighted by molar-refractivity contribution is -0.130. The molecule has 0 aromatic heterocycles. The summed E-state index contributed by atoms with van der Waals surface area (Å²) >= 11 is 4.83. The van der Waals surface area contributed by atoms with Crippen LogP contribution in [0.3, 0.4) is 0 Å². The van der Waals surface area contributed by atoms with E-state index in [1.165, 1.54) is 12.8 Å². The molecule has 0 spiro atoms. The van der Waals surface area contributed by atoms with Crippen molar-refractivity contribution in [2.45, 2.75) is 39.0 Å². The molecule has 0 heterocycles. The summed E-state index contributed by atoms with van der Waals surface area (Å²) in [4.78, 5) is 16.6. The number of nitrogens with zero attached hydrogens (tertiary/aromatic N) is 2. The molecule has 19 heavy (non-hydrogen) atoms.